The zero-order chi connectivity index (χ0) is 51.4. The lowest BCUT2D eigenvalue weighted by molar-refractivity contribution is 0.613. The molecule has 0 amide bonds. The maximum atomic E-state index is 14.6. The molecule has 0 unspecified atom stereocenters. The second-order valence-corrected chi connectivity index (χ2v) is 20.5. The molecule has 0 saturated heterocycles. The number of thioether (sulfide) groups is 2. The van der Waals surface area contributed by atoms with Crippen LogP contribution in [0.5, 0.6) is 0 Å². The number of benzene rings is 3. The summed E-state index contributed by atoms with van der Waals surface area (Å²) in [6.45, 7) is 4.03. The molecule has 0 radical (unpaired) electrons. The third kappa shape index (κ3) is 13.0. The SMILES string of the molecule is CCSC(=NC(N)=S)Nc1c(-c2ccncc2)cc(F)c2c1CCC2.CCSC(N)=NC(=S)Nc1c(-c2ccncc2)cc(F)c2c1CCC2.Fc1cc(-c2ccncc2)c(Nc2nc(=S)[nH][nH]2)c2c1CCC2. The molecule has 7 aromatic rings. The Morgan fingerprint density at radius 1 is 0.589 bits per heavy atom. The molecule has 0 saturated carbocycles. The van der Waals surface area contributed by atoms with E-state index in [4.69, 9.17) is 48.1 Å². The van der Waals surface area contributed by atoms with Crippen molar-refractivity contribution >= 4 is 104 Å². The van der Waals surface area contributed by atoms with E-state index >= 15 is 0 Å². The number of nitrogens with zero attached hydrogens (tertiary/aromatic N) is 6. The Hall–Kier alpha value is -6.52. The van der Waals surface area contributed by atoms with E-state index in [2.05, 4.69) is 56.1 Å². The van der Waals surface area contributed by atoms with Gasteiger partial charge in [0.05, 0.1) is 17.1 Å². The predicted octanol–water partition coefficient (Wildman–Crippen LogP) is 12.2. The number of fused-ring (bicyclic) bond motifs is 3. The molecule has 3 aliphatic carbocycles. The minimum atomic E-state index is -0.166. The fourth-order valence-corrected chi connectivity index (χ4v) is 10.8. The molecule has 0 spiro atoms. The van der Waals surface area contributed by atoms with Gasteiger partial charge < -0.3 is 27.4 Å². The molecule has 3 aromatic carbocycles. The van der Waals surface area contributed by atoms with Crippen molar-refractivity contribution in [3.63, 3.8) is 0 Å². The highest BCUT2D eigenvalue weighted by atomic mass is 32.2. The lowest BCUT2D eigenvalue weighted by Crippen LogP contribution is -2.16. The van der Waals surface area contributed by atoms with E-state index in [1.54, 1.807) is 55.4 Å². The van der Waals surface area contributed by atoms with Crippen molar-refractivity contribution in [3.05, 3.63) is 147 Å². The van der Waals surface area contributed by atoms with Crippen LogP contribution in [0, 0.1) is 22.2 Å². The Morgan fingerprint density at radius 2 is 1.00 bits per heavy atom. The molecule has 376 valence electrons. The smallest absolute Gasteiger partial charge is 0.222 e. The fraction of sp³-hybridized carbons (Fsp3) is 0.250. The van der Waals surface area contributed by atoms with Gasteiger partial charge in [-0.3, -0.25) is 25.1 Å². The molecule has 0 bridgehead atoms. The van der Waals surface area contributed by atoms with Crippen LogP contribution in [0.3, 0.4) is 0 Å². The summed E-state index contributed by atoms with van der Waals surface area (Å²) in [4.78, 5) is 24.7. The second kappa shape index (κ2) is 24.9. The highest BCUT2D eigenvalue weighted by Crippen LogP contribution is 2.42. The van der Waals surface area contributed by atoms with E-state index in [1.807, 2.05) is 50.2 Å². The van der Waals surface area contributed by atoms with Gasteiger partial charge in [-0.05, 0) is 211 Å². The summed E-state index contributed by atoms with van der Waals surface area (Å²) in [6, 6.07) is 15.9. The van der Waals surface area contributed by atoms with Gasteiger partial charge in [0.1, 0.15) is 17.5 Å². The number of pyridine rings is 3. The van der Waals surface area contributed by atoms with Crippen molar-refractivity contribution in [2.45, 2.75) is 71.6 Å². The first kappa shape index (κ1) is 52.8. The van der Waals surface area contributed by atoms with Crippen LogP contribution in [-0.4, -0.2) is 62.2 Å². The first-order valence-corrected chi connectivity index (χ1v) is 26.8. The minimum absolute atomic E-state index is 0.0765. The fourth-order valence-electron chi connectivity index (χ4n) is 9.20. The van der Waals surface area contributed by atoms with Crippen LogP contribution in [0.2, 0.25) is 0 Å². The third-order valence-electron chi connectivity index (χ3n) is 12.2. The topological polar surface area (TPSA) is 196 Å². The van der Waals surface area contributed by atoms with Gasteiger partial charge in [0.25, 0.3) is 0 Å². The maximum Gasteiger partial charge on any atom is 0.222 e. The van der Waals surface area contributed by atoms with Crippen LogP contribution in [0.15, 0.2) is 102 Å². The molecule has 3 aliphatic rings. The molecule has 0 atom stereocenters. The number of aliphatic imine (C=N–C) groups is 2. The number of hydrogen-bond acceptors (Lipinski definition) is 10. The average Bonchev–Trinajstić information content (AvgIpc) is 4.24. The van der Waals surface area contributed by atoms with Gasteiger partial charge in [0, 0.05) is 53.9 Å². The van der Waals surface area contributed by atoms with E-state index in [9.17, 15) is 13.2 Å². The molecule has 21 heteroatoms. The predicted molar refractivity (Wildman–Crippen MR) is 304 cm³/mol. The van der Waals surface area contributed by atoms with E-state index < -0.39 is 0 Å². The van der Waals surface area contributed by atoms with Crippen molar-refractivity contribution in [1.29, 1.82) is 0 Å². The Kier molecular flexibility index (Phi) is 18.0. The summed E-state index contributed by atoms with van der Waals surface area (Å²) in [5.41, 5.74) is 24.4. The molecule has 10 rings (SSSR count). The number of amidine groups is 2. The summed E-state index contributed by atoms with van der Waals surface area (Å²) >= 11 is 18.2. The Labute approximate surface area is 445 Å². The third-order valence-corrected chi connectivity index (χ3v) is 14.1. The monoisotopic (exact) mass is 1080 g/mol. The van der Waals surface area contributed by atoms with Crippen molar-refractivity contribution in [1.82, 2.24) is 30.1 Å². The van der Waals surface area contributed by atoms with Crippen LogP contribution >= 0.6 is 60.2 Å². The Balaban J connectivity index is 0.000000146. The lowest BCUT2D eigenvalue weighted by Gasteiger charge is -2.18. The molecular weight excluding hydrogens is 1020 g/mol. The van der Waals surface area contributed by atoms with Gasteiger partial charge in [0.2, 0.25) is 10.7 Å². The van der Waals surface area contributed by atoms with Crippen LogP contribution < -0.4 is 27.4 Å². The molecule has 0 aliphatic heterocycles. The number of nitrogens with two attached hydrogens (primary N) is 2. The minimum Gasteiger partial charge on any atom is -0.378 e. The van der Waals surface area contributed by atoms with E-state index in [0.717, 1.165) is 153 Å². The summed E-state index contributed by atoms with van der Waals surface area (Å²) in [7, 11) is 0. The standard InChI is InChI=1S/2C18H19FN4S2.C16H14FN5S/c1-2-25-17(20)23-18(24)22-16-13-5-3-4-12(13)15(19)10-14(16)11-6-8-21-9-7-11;1-2-25-18(23-17(20)24)22-16-13-5-3-4-12(13)15(19)10-14(16)11-6-8-21-9-7-11;17-13-8-12(9-4-6-18-7-5-9)14(11-3-1-2-10(11)13)19-15-20-16(23)22-21-15/h2*6-10H,2-5H2,1H3,(H3,20,22,23,24);4-8H,1-3H2,(H3,19,20,21,22,23). The van der Waals surface area contributed by atoms with Crippen LogP contribution in [0.4, 0.5) is 36.2 Å². The number of thiocarbonyl (C=S) groups is 2. The summed E-state index contributed by atoms with van der Waals surface area (Å²) < 4.78 is 44.0. The molecule has 4 heterocycles. The first-order valence-electron chi connectivity index (χ1n) is 23.6. The number of anilines is 4. The Morgan fingerprint density at radius 3 is 1.41 bits per heavy atom. The average molecular weight is 1080 g/mol. The lowest BCUT2D eigenvalue weighted by atomic mass is 9.97. The number of H-pyrrole nitrogens is 2. The molecule has 4 aromatic heterocycles. The van der Waals surface area contributed by atoms with E-state index in [1.165, 1.54) is 23.5 Å². The van der Waals surface area contributed by atoms with E-state index in [-0.39, 0.29) is 27.7 Å². The molecule has 13 nitrogen and oxygen atoms in total. The van der Waals surface area contributed by atoms with Crippen molar-refractivity contribution in [2.24, 2.45) is 21.5 Å². The van der Waals surface area contributed by atoms with Crippen LogP contribution in [0.25, 0.3) is 33.4 Å². The summed E-state index contributed by atoms with van der Waals surface area (Å²) in [6.07, 6.45) is 17.8. The maximum absolute atomic E-state index is 14.6. The first-order chi connectivity index (χ1) is 35.4. The van der Waals surface area contributed by atoms with Gasteiger partial charge in [-0.2, -0.15) is 15.0 Å². The molecule has 73 heavy (non-hydrogen) atoms. The summed E-state index contributed by atoms with van der Waals surface area (Å²) in [5.74, 6) is 1.70. The number of nitrogens with one attached hydrogen (secondary N) is 5. The number of aromatic amines is 2. The van der Waals surface area contributed by atoms with Gasteiger partial charge in [-0.15, -0.1) is 0 Å². The largest absolute Gasteiger partial charge is 0.378 e. The normalized spacial score (nSPS) is 13.4. The summed E-state index contributed by atoms with van der Waals surface area (Å²) in [5, 5.41) is 16.9. The molecule has 9 N–H and O–H groups in total. The zero-order valence-electron chi connectivity index (χ0n) is 40.0. The van der Waals surface area contributed by atoms with Gasteiger partial charge in [-0.1, -0.05) is 37.4 Å². The van der Waals surface area contributed by atoms with Crippen molar-refractivity contribution < 1.29 is 13.2 Å². The molecular formula is C52H52F3N13S5. The molecule has 0 fully saturated rings. The Bertz CT molecular complexity index is 3240. The van der Waals surface area contributed by atoms with Gasteiger partial charge in [-0.25, -0.2) is 13.2 Å². The number of hydrogen-bond donors (Lipinski definition) is 7. The second-order valence-electron chi connectivity index (χ2n) is 16.7. The van der Waals surface area contributed by atoms with Gasteiger partial charge in [0.15, 0.2) is 20.6 Å². The highest BCUT2D eigenvalue weighted by molar-refractivity contribution is 8.14. The van der Waals surface area contributed by atoms with Crippen LogP contribution in [-0.2, 0) is 38.5 Å². The van der Waals surface area contributed by atoms with Gasteiger partial charge >= 0.3 is 0 Å². The quantitative estimate of drug-likeness (QED) is 0.0410. The number of aromatic nitrogens is 6. The van der Waals surface area contributed by atoms with Crippen molar-refractivity contribution in [2.75, 3.05) is 27.5 Å². The zero-order valence-corrected chi connectivity index (χ0v) is 44.0. The number of rotatable bonds is 9. The van der Waals surface area contributed by atoms with Crippen LogP contribution in [0.1, 0.15) is 66.5 Å². The van der Waals surface area contributed by atoms with E-state index in [0.29, 0.717) is 21.1 Å². The highest BCUT2D eigenvalue weighted by Gasteiger charge is 2.26. The van der Waals surface area contributed by atoms with Crippen molar-refractivity contribution in [3.8, 4) is 33.4 Å². The number of halogens is 3.